The first kappa shape index (κ1) is 23.8. The number of hydrogen-bond donors (Lipinski definition) is 2. The van der Waals surface area contributed by atoms with Gasteiger partial charge in [0.25, 0.3) is 0 Å². The molecule has 4 nitrogen and oxygen atoms in total. The van der Waals surface area contributed by atoms with Crippen molar-refractivity contribution in [2.75, 3.05) is 11.5 Å². The van der Waals surface area contributed by atoms with Crippen molar-refractivity contribution in [1.29, 1.82) is 0 Å². The third kappa shape index (κ3) is 5.19. The summed E-state index contributed by atoms with van der Waals surface area (Å²) in [5.41, 5.74) is 0.850. The maximum absolute atomic E-state index is 13.8. The van der Waals surface area contributed by atoms with Crippen molar-refractivity contribution >= 4 is 62.8 Å². The number of halogens is 1. The Morgan fingerprint density at radius 1 is 0.943 bits per heavy atom. The highest BCUT2D eigenvalue weighted by molar-refractivity contribution is 7.59. The topological polar surface area (TPSA) is 66.4 Å². The lowest BCUT2D eigenvalue weighted by molar-refractivity contribution is -0.116. The summed E-state index contributed by atoms with van der Waals surface area (Å²) in [5, 5.41) is 7.99. The summed E-state index contributed by atoms with van der Waals surface area (Å²) in [6.07, 6.45) is 0.391. The van der Waals surface area contributed by atoms with E-state index < -0.39 is 18.9 Å². The van der Waals surface area contributed by atoms with Crippen molar-refractivity contribution in [2.45, 2.75) is 12.1 Å². The molecule has 0 aliphatic rings. The minimum atomic E-state index is -3.97. The third-order valence-corrected chi connectivity index (χ3v) is 9.49. The number of rotatable bonds is 7. The summed E-state index contributed by atoms with van der Waals surface area (Å²) in [6, 6.07) is 28.4. The van der Waals surface area contributed by atoms with Crippen LogP contribution in [0, 0.1) is 0 Å². The molecule has 1 heterocycles. The van der Waals surface area contributed by atoms with Crippen LogP contribution in [0.3, 0.4) is 0 Å². The van der Waals surface area contributed by atoms with E-state index in [4.69, 9.17) is 11.6 Å². The molecule has 2 atom stereocenters. The molecule has 7 heteroatoms. The fraction of sp³-hybridized carbons (Fsp3) is 0.107. The van der Waals surface area contributed by atoms with Gasteiger partial charge in [0.2, 0.25) is 13.3 Å². The van der Waals surface area contributed by atoms with Gasteiger partial charge in [-0.25, -0.2) is 0 Å². The summed E-state index contributed by atoms with van der Waals surface area (Å²) < 4.78 is 14.7. The van der Waals surface area contributed by atoms with Crippen molar-refractivity contribution in [3.8, 4) is 0 Å². The molecule has 1 amide bonds. The predicted octanol–water partition coefficient (Wildman–Crippen LogP) is 7.90. The standard InChI is InChI=1S/C28H23ClNO3PS/c29-22-11-13-26-24(17-22)25(18-35-26)27(34(32,33)15-14-19-6-2-1-3-7-19)28(31)30-23-12-10-20-8-4-5-9-21(20)16-23/h1-13,16-18,27H,14-15H2,(H,30,31)(H,32,33). The number of carbonyl (C=O) groups excluding carboxylic acids is 1. The smallest absolute Gasteiger partial charge is 0.241 e. The van der Waals surface area contributed by atoms with Crippen molar-refractivity contribution in [3.05, 3.63) is 113 Å². The Kier molecular flexibility index (Phi) is 6.77. The van der Waals surface area contributed by atoms with E-state index in [1.807, 2.05) is 78.9 Å². The Balaban J connectivity index is 1.52. The van der Waals surface area contributed by atoms with E-state index in [1.54, 1.807) is 17.5 Å². The van der Waals surface area contributed by atoms with E-state index in [2.05, 4.69) is 5.32 Å². The summed E-state index contributed by atoms with van der Waals surface area (Å²) in [7, 11) is -3.97. The number of benzene rings is 4. The van der Waals surface area contributed by atoms with Gasteiger partial charge in [0, 0.05) is 21.6 Å². The number of hydrogen-bond acceptors (Lipinski definition) is 3. The van der Waals surface area contributed by atoms with E-state index in [1.165, 1.54) is 11.3 Å². The molecule has 0 radical (unpaired) electrons. The molecule has 0 bridgehead atoms. The average molecular weight is 520 g/mol. The lowest BCUT2D eigenvalue weighted by Crippen LogP contribution is -2.22. The molecular weight excluding hydrogens is 497 g/mol. The van der Waals surface area contributed by atoms with Crippen LogP contribution in [0.25, 0.3) is 20.9 Å². The van der Waals surface area contributed by atoms with E-state index in [-0.39, 0.29) is 6.16 Å². The number of anilines is 1. The van der Waals surface area contributed by atoms with Gasteiger partial charge in [-0.05, 0) is 69.4 Å². The molecule has 5 rings (SSSR count). The van der Waals surface area contributed by atoms with Crippen LogP contribution in [0.15, 0.2) is 96.4 Å². The van der Waals surface area contributed by atoms with Gasteiger partial charge in [0.15, 0.2) is 0 Å². The highest BCUT2D eigenvalue weighted by Gasteiger charge is 2.39. The van der Waals surface area contributed by atoms with E-state index in [0.717, 1.165) is 26.4 Å². The second-order valence-corrected chi connectivity index (χ2v) is 12.3. The van der Waals surface area contributed by atoms with Gasteiger partial charge in [0.1, 0.15) is 5.66 Å². The molecule has 2 unspecified atom stereocenters. The molecule has 2 N–H and O–H groups in total. The quantitative estimate of drug-likeness (QED) is 0.215. The van der Waals surface area contributed by atoms with Crippen LogP contribution in [0.4, 0.5) is 5.69 Å². The number of aryl methyl sites for hydroxylation is 1. The number of fused-ring (bicyclic) bond motifs is 2. The van der Waals surface area contributed by atoms with Crippen molar-refractivity contribution in [3.63, 3.8) is 0 Å². The maximum atomic E-state index is 13.8. The predicted molar refractivity (Wildman–Crippen MR) is 147 cm³/mol. The van der Waals surface area contributed by atoms with Crippen molar-refractivity contribution in [1.82, 2.24) is 0 Å². The van der Waals surface area contributed by atoms with Gasteiger partial charge < -0.3 is 10.2 Å². The fourth-order valence-electron chi connectivity index (χ4n) is 4.32. The lowest BCUT2D eigenvalue weighted by Gasteiger charge is -2.23. The molecule has 0 saturated heterocycles. The zero-order valence-electron chi connectivity index (χ0n) is 18.7. The largest absolute Gasteiger partial charge is 0.343 e. The summed E-state index contributed by atoms with van der Waals surface area (Å²) in [6.45, 7) is 0. The van der Waals surface area contributed by atoms with Crippen LogP contribution < -0.4 is 5.32 Å². The summed E-state index contributed by atoms with van der Waals surface area (Å²) in [5.74, 6) is -0.501. The van der Waals surface area contributed by atoms with Gasteiger partial charge in [-0.15, -0.1) is 11.3 Å². The first-order valence-electron chi connectivity index (χ1n) is 11.2. The van der Waals surface area contributed by atoms with Gasteiger partial charge in [-0.3, -0.25) is 9.36 Å². The van der Waals surface area contributed by atoms with Crippen LogP contribution in [-0.4, -0.2) is 17.0 Å². The SMILES string of the molecule is O=C(Nc1ccc2ccccc2c1)C(c1csc2ccc(Cl)cc12)P(=O)(O)CCc1ccccc1. The first-order chi connectivity index (χ1) is 16.9. The fourth-order valence-corrected chi connectivity index (χ4v) is 7.47. The van der Waals surface area contributed by atoms with Crippen LogP contribution in [0.5, 0.6) is 0 Å². The lowest BCUT2D eigenvalue weighted by atomic mass is 10.1. The molecule has 1 aromatic heterocycles. The number of carbonyl (C=O) groups is 1. The molecule has 0 saturated carbocycles. The van der Waals surface area contributed by atoms with Crippen LogP contribution in [-0.2, 0) is 15.8 Å². The Bertz CT molecular complexity index is 1570. The van der Waals surface area contributed by atoms with Crippen molar-refractivity contribution in [2.24, 2.45) is 0 Å². The molecule has 5 aromatic rings. The Hall–Kier alpha value is -2.95. The molecule has 4 aromatic carbocycles. The highest BCUT2D eigenvalue weighted by atomic mass is 35.5. The minimum absolute atomic E-state index is 0.00920. The Morgan fingerprint density at radius 3 is 2.49 bits per heavy atom. The normalized spacial score (nSPS) is 14.0. The zero-order valence-corrected chi connectivity index (χ0v) is 21.2. The molecule has 0 spiro atoms. The van der Waals surface area contributed by atoms with E-state index in [0.29, 0.717) is 22.7 Å². The van der Waals surface area contributed by atoms with Gasteiger partial charge in [-0.2, -0.15) is 0 Å². The average Bonchev–Trinajstić information content (AvgIpc) is 3.25. The van der Waals surface area contributed by atoms with Gasteiger partial charge in [-0.1, -0.05) is 72.3 Å². The Labute approximate surface area is 212 Å². The van der Waals surface area contributed by atoms with Crippen LogP contribution in [0.2, 0.25) is 5.02 Å². The van der Waals surface area contributed by atoms with Gasteiger partial charge in [0.05, 0.1) is 0 Å². The molecule has 0 fully saturated rings. The molecule has 0 aliphatic carbocycles. The van der Waals surface area contributed by atoms with E-state index in [9.17, 15) is 14.3 Å². The second-order valence-electron chi connectivity index (χ2n) is 8.50. The first-order valence-corrected chi connectivity index (χ1v) is 14.4. The highest BCUT2D eigenvalue weighted by Crippen LogP contribution is 2.58. The van der Waals surface area contributed by atoms with Crippen LogP contribution in [0.1, 0.15) is 16.8 Å². The van der Waals surface area contributed by atoms with Crippen molar-refractivity contribution < 1.29 is 14.3 Å². The molecule has 0 aliphatic heterocycles. The van der Waals surface area contributed by atoms with Crippen LogP contribution >= 0.6 is 30.3 Å². The summed E-state index contributed by atoms with van der Waals surface area (Å²) >= 11 is 7.68. The number of nitrogens with one attached hydrogen (secondary N) is 1. The Morgan fingerprint density at radius 2 is 1.69 bits per heavy atom. The zero-order chi connectivity index (χ0) is 24.4. The third-order valence-electron chi connectivity index (χ3n) is 6.09. The maximum Gasteiger partial charge on any atom is 0.241 e. The minimum Gasteiger partial charge on any atom is -0.343 e. The number of thiophene rings is 1. The summed E-state index contributed by atoms with van der Waals surface area (Å²) in [4.78, 5) is 25.0. The molecule has 176 valence electrons. The monoisotopic (exact) mass is 519 g/mol. The molecule has 35 heavy (non-hydrogen) atoms. The molecular formula is C28H23ClNO3PS. The number of amides is 1. The van der Waals surface area contributed by atoms with Gasteiger partial charge >= 0.3 is 0 Å². The second kappa shape index (κ2) is 9.96. The van der Waals surface area contributed by atoms with E-state index >= 15 is 0 Å².